The van der Waals surface area contributed by atoms with Gasteiger partial charge in [0.1, 0.15) is 0 Å². The van der Waals surface area contributed by atoms with Crippen molar-refractivity contribution in [2.45, 2.75) is 18.3 Å². The highest BCUT2D eigenvalue weighted by Crippen LogP contribution is 2.42. The lowest BCUT2D eigenvalue weighted by Crippen LogP contribution is -2.39. The Kier molecular flexibility index (Phi) is 4.72. The highest BCUT2D eigenvalue weighted by Gasteiger charge is 2.46. The Labute approximate surface area is 169 Å². The molecule has 3 aromatic carbocycles. The molecule has 1 heterocycles. The van der Waals surface area contributed by atoms with E-state index in [2.05, 4.69) is 67.5 Å². The molecule has 0 fully saturated rings. The van der Waals surface area contributed by atoms with Crippen LogP contribution in [0.4, 0.5) is 5.69 Å². The van der Waals surface area contributed by atoms with Crippen molar-refractivity contribution < 1.29 is 4.79 Å². The van der Waals surface area contributed by atoms with E-state index in [0.29, 0.717) is 12.8 Å². The lowest BCUT2D eigenvalue weighted by atomic mass is 9.72. The monoisotopic (exact) mass is 469 g/mol. The molecule has 0 atom stereocenters. The molecular formula is C22H17Br2NO. The molecule has 0 saturated heterocycles. The highest BCUT2D eigenvalue weighted by molar-refractivity contribution is 9.10. The molecule has 4 heteroatoms. The topological polar surface area (TPSA) is 29.1 Å². The van der Waals surface area contributed by atoms with Gasteiger partial charge >= 0.3 is 0 Å². The van der Waals surface area contributed by atoms with Crippen LogP contribution in [0.15, 0.2) is 81.7 Å². The van der Waals surface area contributed by atoms with Crippen molar-refractivity contribution in [2.75, 3.05) is 5.32 Å². The maximum Gasteiger partial charge on any atom is 0.235 e. The zero-order valence-corrected chi connectivity index (χ0v) is 17.2. The number of fused-ring (bicyclic) bond motifs is 1. The smallest absolute Gasteiger partial charge is 0.235 e. The van der Waals surface area contributed by atoms with Crippen LogP contribution in [0.5, 0.6) is 0 Å². The average molecular weight is 471 g/mol. The SMILES string of the molecule is O=C1Nc2ccccc2C1(Cc1ccc(Br)cc1)Cc1ccc(Br)cc1. The maximum atomic E-state index is 13.2. The summed E-state index contributed by atoms with van der Waals surface area (Å²) in [7, 11) is 0. The summed E-state index contributed by atoms with van der Waals surface area (Å²) in [6.07, 6.45) is 1.33. The fourth-order valence-electron chi connectivity index (χ4n) is 3.69. The summed E-state index contributed by atoms with van der Waals surface area (Å²) >= 11 is 6.97. The molecule has 3 aromatic rings. The van der Waals surface area contributed by atoms with Crippen LogP contribution in [0.25, 0.3) is 0 Å². The predicted octanol–water partition coefficient (Wildman–Crippen LogP) is 5.89. The Morgan fingerprint density at radius 3 is 1.77 bits per heavy atom. The molecule has 1 aliphatic heterocycles. The first-order valence-corrected chi connectivity index (χ1v) is 10.1. The van der Waals surface area contributed by atoms with E-state index in [1.54, 1.807) is 0 Å². The van der Waals surface area contributed by atoms with Crippen molar-refractivity contribution in [1.29, 1.82) is 0 Å². The number of rotatable bonds is 4. The van der Waals surface area contributed by atoms with Gasteiger partial charge in [-0.2, -0.15) is 0 Å². The third-order valence-corrected chi connectivity index (χ3v) is 6.02. The van der Waals surface area contributed by atoms with E-state index in [0.717, 1.165) is 31.3 Å². The van der Waals surface area contributed by atoms with E-state index in [4.69, 9.17) is 0 Å². The van der Waals surface area contributed by atoms with Crippen LogP contribution >= 0.6 is 31.9 Å². The van der Waals surface area contributed by atoms with Crippen LogP contribution in [-0.2, 0) is 23.1 Å². The highest BCUT2D eigenvalue weighted by atomic mass is 79.9. The minimum atomic E-state index is -0.599. The minimum Gasteiger partial charge on any atom is -0.325 e. The molecule has 0 aliphatic carbocycles. The standard InChI is InChI=1S/C22H17Br2NO/c23-17-9-5-15(6-10-17)13-22(14-16-7-11-18(24)12-8-16)19-3-1-2-4-20(19)25-21(22)26/h1-12H,13-14H2,(H,25,26). The minimum absolute atomic E-state index is 0.0736. The Bertz CT molecular complexity index is 901. The Morgan fingerprint density at radius 2 is 1.23 bits per heavy atom. The number of nitrogens with one attached hydrogen (secondary N) is 1. The van der Waals surface area contributed by atoms with Crippen LogP contribution < -0.4 is 5.32 Å². The van der Waals surface area contributed by atoms with Crippen LogP contribution in [0.3, 0.4) is 0 Å². The molecule has 26 heavy (non-hydrogen) atoms. The van der Waals surface area contributed by atoms with E-state index in [9.17, 15) is 4.79 Å². The fourth-order valence-corrected chi connectivity index (χ4v) is 4.22. The van der Waals surface area contributed by atoms with Gasteiger partial charge in [0, 0.05) is 14.6 Å². The lowest BCUT2D eigenvalue weighted by molar-refractivity contribution is -0.120. The van der Waals surface area contributed by atoms with Crippen molar-refractivity contribution in [3.63, 3.8) is 0 Å². The summed E-state index contributed by atoms with van der Waals surface area (Å²) in [5, 5.41) is 3.09. The summed E-state index contributed by atoms with van der Waals surface area (Å²) in [5.41, 5.74) is 3.70. The number of benzene rings is 3. The first-order valence-electron chi connectivity index (χ1n) is 8.47. The van der Waals surface area contributed by atoms with Gasteiger partial charge in [0.2, 0.25) is 5.91 Å². The van der Waals surface area contributed by atoms with Crippen molar-refractivity contribution in [3.05, 3.63) is 98.4 Å². The summed E-state index contributed by atoms with van der Waals surface area (Å²) in [6, 6.07) is 24.5. The van der Waals surface area contributed by atoms with E-state index >= 15 is 0 Å². The summed E-state index contributed by atoms with van der Waals surface area (Å²) in [4.78, 5) is 13.2. The molecular weight excluding hydrogens is 454 g/mol. The van der Waals surface area contributed by atoms with Gasteiger partial charge < -0.3 is 5.32 Å². The van der Waals surface area contributed by atoms with Crippen molar-refractivity contribution in [1.82, 2.24) is 0 Å². The normalized spacial score (nSPS) is 14.8. The van der Waals surface area contributed by atoms with Crippen LogP contribution in [0.2, 0.25) is 0 Å². The molecule has 1 N–H and O–H groups in total. The molecule has 130 valence electrons. The van der Waals surface area contributed by atoms with E-state index in [1.807, 2.05) is 42.5 Å². The van der Waals surface area contributed by atoms with Crippen molar-refractivity contribution in [3.8, 4) is 0 Å². The number of carbonyl (C=O) groups is 1. The molecule has 0 unspecified atom stereocenters. The second-order valence-electron chi connectivity index (χ2n) is 6.69. The third kappa shape index (κ3) is 3.24. The van der Waals surface area contributed by atoms with Gasteiger partial charge in [0.15, 0.2) is 0 Å². The molecule has 1 amide bonds. The Hall–Kier alpha value is -1.91. The van der Waals surface area contributed by atoms with Gasteiger partial charge in [-0.15, -0.1) is 0 Å². The molecule has 0 radical (unpaired) electrons. The predicted molar refractivity (Wildman–Crippen MR) is 112 cm³/mol. The molecule has 4 rings (SSSR count). The van der Waals surface area contributed by atoms with Crippen molar-refractivity contribution >= 4 is 43.5 Å². The number of hydrogen-bond donors (Lipinski definition) is 1. The number of carbonyl (C=O) groups excluding carboxylic acids is 1. The number of amides is 1. The molecule has 0 bridgehead atoms. The fraction of sp³-hybridized carbons (Fsp3) is 0.136. The zero-order valence-electron chi connectivity index (χ0n) is 14.0. The Morgan fingerprint density at radius 1 is 0.731 bits per heavy atom. The van der Waals surface area contributed by atoms with E-state index in [-0.39, 0.29) is 5.91 Å². The quantitative estimate of drug-likeness (QED) is 0.506. The number of anilines is 1. The summed E-state index contributed by atoms with van der Waals surface area (Å²) in [5.74, 6) is 0.0736. The number of hydrogen-bond acceptors (Lipinski definition) is 1. The van der Waals surface area contributed by atoms with Crippen LogP contribution in [-0.4, -0.2) is 5.91 Å². The largest absolute Gasteiger partial charge is 0.325 e. The van der Waals surface area contributed by atoms with Gasteiger partial charge in [-0.25, -0.2) is 0 Å². The number of halogens is 2. The average Bonchev–Trinajstić information content (AvgIpc) is 2.91. The molecule has 2 nitrogen and oxygen atoms in total. The summed E-state index contributed by atoms with van der Waals surface area (Å²) in [6.45, 7) is 0. The van der Waals surface area contributed by atoms with Gasteiger partial charge in [-0.3, -0.25) is 4.79 Å². The lowest BCUT2D eigenvalue weighted by Gasteiger charge is -2.28. The first kappa shape index (κ1) is 17.5. The molecule has 0 saturated carbocycles. The third-order valence-electron chi connectivity index (χ3n) is 4.96. The van der Waals surface area contributed by atoms with Gasteiger partial charge in [0.25, 0.3) is 0 Å². The second kappa shape index (κ2) is 7.01. The maximum absolute atomic E-state index is 13.2. The molecule has 1 aliphatic rings. The molecule has 0 spiro atoms. The molecule has 0 aromatic heterocycles. The number of para-hydroxylation sites is 1. The van der Waals surface area contributed by atoms with Crippen LogP contribution in [0.1, 0.15) is 16.7 Å². The second-order valence-corrected chi connectivity index (χ2v) is 8.52. The zero-order chi connectivity index (χ0) is 18.1. The Balaban J connectivity index is 1.80. The first-order chi connectivity index (χ1) is 12.6. The van der Waals surface area contributed by atoms with Gasteiger partial charge in [0.05, 0.1) is 5.41 Å². The van der Waals surface area contributed by atoms with E-state index in [1.165, 1.54) is 0 Å². The van der Waals surface area contributed by atoms with Crippen LogP contribution in [0, 0.1) is 0 Å². The van der Waals surface area contributed by atoms with Gasteiger partial charge in [-0.1, -0.05) is 74.3 Å². The van der Waals surface area contributed by atoms with Crippen molar-refractivity contribution in [2.24, 2.45) is 0 Å². The van der Waals surface area contributed by atoms with E-state index < -0.39 is 5.41 Å². The van der Waals surface area contributed by atoms with Gasteiger partial charge in [-0.05, 0) is 59.9 Å². The summed E-state index contributed by atoms with van der Waals surface area (Å²) < 4.78 is 2.08.